The molecule has 0 atom stereocenters. The molecule has 1 rings (SSSR count). The van der Waals surface area contributed by atoms with Crippen LogP contribution in [-0.2, 0) is 14.8 Å². The Morgan fingerprint density at radius 2 is 2.00 bits per heavy atom. The highest BCUT2D eigenvalue weighted by molar-refractivity contribution is 7.89. The van der Waals surface area contributed by atoms with Gasteiger partial charge in [-0.05, 0) is 18.1 Å². The van der Waals surface area contributed by atoms with Crippen molar-refractivity contribution in [3.63, 3.8) is 0 Å². The molecule has 3 N–H and O–H groups in total. The van der Waals surface area contributed by atoms with E-state index in [-0.39, 0.29) is 23.1 Å². The predicted molar refractivity (Wildman–Crippen MR) is 67.6 cm³/mol. The Morgan fingerprint density at radius 3 is 2.56 bits per heavy atom. The van der Waals surface area contributed by atoms with Crippen molar-refractivity contribution in [3.8, 4) is 0 Å². The van der Waals surface area contributed by atoms with Crippen LogP contribution in [0, 0.1) is 5.92 Å². The van der Waals surface area contributed by atoms with Crippen molar-refractivity contribution in [1.29, 1.82) is 0 Å². The van der Waals surface area contributed by atoms with Crippen LogP contribution in [0.5, 0.6) is 0 Å². The van der Waals surface area contributed by atoms with Gasteiger partial charge in [0.1, 0.15) is 4.90 Å². The van der Waals surface area contributed by atoms with E-state index in [0.29, 0.717) is 0 Å². The average Bonchev–Trinajstić information content (AvgIpc) is 2.25. The van der Waals surface area contributed by atoms with E-state index in [2.05, 4.69) is 5.32 Å². The third-order valence-corrected chi connectivity index (χ3v) is 2.95. The van der Waals surface area contributed by atoms with E-state index in [4.69, 9.17) is 9.88 Å². The Morgan fingerprint density at radius 1 is 1.39 bits per heavy atom. The summed E-state index contributed by atoms with van der Waals surface area (Å²) < 4.78 is 27.5. The average molecular weight is 272 g/mol. The van der Waals surface area contributed by atoms with Gasteiger partial charge in [-0.1, -0.05) is 26.0 Å². The van der Waals surface area contributed by atoms with Crippen molar-refractivity contribution in [2.75, 3.05) is 11.9 Å². The highest BCUT2D eigenvalue weighted by atomic mass is 32.2. The number of carbonyl (C=O) groups is 1. The molecule has 0 heterocycles. The van der Waals surface area contributed by atoms with E-state index < -0.39 is 16.1 Å². The summed E-state index contributed by atoms with van der Waals surface area (Å²) >= 11 is 0. The van der Waals surface area contributed by atoms with Crippen LogP contribution < -0.4 is 10.5 Å². The largest absolute Gasteiger partial charge is 0.449 e. The number of benzene rings is 1. The first-order valence-corrected chi connectivity index (χ1v) is 6.91. The van der Waals surface area contributed by atoms with E-state index in [1.165, 1.54) is 18.2 Å². The maximum atomic E-state index is 11.4. The fourth-order valence-electron chi connectivity index (χ4n) is 1.21. The number of primary sulfonamides is 1. The lowest BCUT2D eigenvalue weighted by Crippen LogP contribution is -2.20. The minimum absolute atomic E-state index is 0.105. The van der Waals surface area contributed by atoms with E-state index in [1.807, 2.05) is 13.8 Å². The summed E-state index contributed by atoms with van der Waals surface area (Å²) in [6.45, 7) is 4.04. The van der Waals surface area contributed by atoms with Crippen molar-refractivity contribution in [2.45, 2.75) is 18.7 Å². The molecular formula is C11H16N2O4S. The van der Waals surface area contributed by atoms with Gasteiger partial charge in [-0.25, -0.2) is 18.4 Å². The zero-order valence-corrected chi connectivity index (χ0v) is 11.0. The van der Waals surface area contributed by atoms with Gasteiger partial charge in [0.05, 0.1) is 12.3 Å². The summed E-state index contributed by atoms with van der Waals surface area (Å²) in [5.41, 5.74) is 0.105. The molecule has 0 spiro atoms. The van der Waals surface area contributed by atoms with E-state index >= 15 is 0 Å². The third-order valence-electron chi connectivity index (χ3n) is 1.98. The van der Waals surface area contributed by atoms with Crippen molar-refractivity contribution in [1.82, 2.24) is 0 Å². The molecule has 0 aliphatic heterocycles. The zero-order valence-electron chi connectivity index (χ0n) is 10.2. The number of hydrogen-bond acceptors (Lipinski definition) is 4. The molecule has 0 fully saturated rings. The molecule has 0 saturated heterocycles. The normalized spacial score (nSPS) is 11.3. The first-order chi connectivity index (χ1) is 8.30. The molecule has 1 aromatic carbocycles. The predicted octanol–water partition coefficient (Wildman–Crippen LogP) is 1.54. The number of anilines is 1. The maximum Gasteiger partial charge on any atom is 0.411 e. The van der Waals surface area contributed by atoms with Gasteiger partial charge in [0.15, 0.2) is 0 Å². The van der Waals surface area contributed by atoms with Crippen LogP contribution in [-0.4, -0.2) is 21.1 Å². The Bertz CT molecular complexity index is 526. The number of nitrogens with two attached hydrogens (primary N) is 1. The second-order valence-electron chi connectivity index (χ2n) is 4.16. The Balaban J connectivity index is 2.82. The first-order valence-electron chi connectivity index (χ1n) is 5.36. The molecule has 0 radical (unpaired) electrons. The van der Waals surface area contributed by atoms with Crippen molar-refractivity contribution in [2.24, 2.45) is 11.1 Å². The SMILES string of the molecule is CC(C)COC(=O)Nc1ccccc1S(N)(=O)=O. The van der Waals surface area contributed by atoms with Gasteiger partial charge in [0.25, 0.3) is 0 Å². The van der Waals surface area contributed by atoms with Crippen LogP contribution in [0.25, 0.3) is 0 Å². The number of nitrogens with one attached hydrogen (secondary N) is 1. The molecule has 0 aliphatic rings. The fraction of sp³-hybridized carbons (Fsp3) is 0.364. The molecule has 18 heavy (non-hydrogen) atoms. The Labute approximate surface area is 106 Å². The second-order valence-corrected chi connectivity index (χ2v) is 5.69. The lowest BCUT2D eigenvalue weighted by molar-refractivity contribution is 0.147. The number of rotatable bonds is 4. The highest BCUT2D eigenvalue weighted by Crippen LogP contribution is 2.19. The molecule has 0 bridgehead atoms. The molecule has 6 nitrogen and oxygen atoms in total. The van der Waals surface area contributed by atoms with Crippen LogP contribution in [0.3, 0.4) is 0 Å². The van der Waals surface area contributed by atoms with Crippen molar-refractivity contribution in [3.05, 3.63) is 24.3 Å². The molecule has 0 aromatic heterocycles. The van der Waals surface area contributed by atoms with Crippen LogP contribution >= 0.6 is 0 Å². The van der Waals surface area contributed by atoms with Crippen molar-refractivity contribution < 1.29 is 17.9 Å². The van der Waals surface area contributed by atoms with Gasteiger partial charge in [-0.3, -0.25) is 5.32 Å². The van der Waals surface area contributed by atoms with Gasteiger partial charge < -0.3 is 4.74 Å². The van der Waals surface area contributed by atoms with Gasteiger partial charge in [-0.2, -0.15) is 0 Å². The molecule has 0 saturated carbocycles. The number of sulfonamides is 1. The molecule has 0 unspecified atom stereocenters. The molecule has 1 amide bonds. The lowest BCUT2D eigenvalue weighted by atomic mass is 10.2. The van der Waals surface area contributed by atoms with Crippen LogP contribution in [0.1, 0.15) is 13.8 Å². The van der Waals surface area contributed by atoms with Gasteiger partial charge in [0.2, 0.25) is 10.0 Å². The number of hydrogen-bond donors (Lipinski definition) is 2. The smallest absolute Gasteiger partial charge is 0.411 e. The van der Waals surface area contributed by atoms with Gasteiger partial charge in [0, 0.05) is 0 Å². The summed E-state index contributed by atoms with van der Waals surface area (Å²) in [4.78, 5) is 11.3. The molecule has 0 aliphatic carbocycles. The van der Waals surface area contributed by atoms with E-state index in [1.54, 1.807) is 6.07 Å². The maximum absolute atomic E-state index is 11.4. The summed E-state index contributed by atoms with van der Waals surface area (Å²) in [6.07, 6.45) is -0.709. The minimum Gasteiger partial charge on any atom is -0.449 e. The summed E-state index contributed by atoms with van der Waals surface area (Å²) in [5.74, 6) is 0.198. The number of para-hydroxylation sites is 1. The van der Waals surface area contributed by atoms with Gasteiger partial charge >= 0.3 is 6.09 Å². The Hall–Kier alpha value is -1.60. The Kier molecular flexibility index (Phi) is 4.69. The monoisotopic (exact) mass is 272 g/mol. The quantitative estimate of drug-likeness (QED) is 0.868. The molecule has 100 valence electrons. The molecule has 1 aromatic rings. The summed E-state index contributed by atoms with van der Waals surface area (Å²) in [6, 6.07) is 5.86. The van der Waals surface area contributed by atoms with Crippen LogP contribution in [0.15, 0.2) is 29.2 Å². The van der Waals surface area contributed by atoms with Crippen LogP contribution in [0.2, 0.25) is 0 Å². The second kappa shape index (κ2) is 5.83. The first kappa shape index (κ1) is 14.5. The standard InChI is InChI=1S/C11H16N2O4S/c1-8(2)7-17-11(14)13-9-5-3-4-6-10(9)18(12,15)16/h3-6,8H,7H2,1-2H3,(H,13,14)(H2,12,15,16). The number of ether oxygens (including phenoxy) is 1. The van der Waals surface area contributed by atoms with Crippen molar-refractivity contribution >= 4 is 21.8 Å². The van der Waals surface area contributed by atoms with Crippen LogP contribution in [0.4, 0.5) is 10.5 Å². The lowest BCUT2D eigenvalue weighted by Gasteiger charge is -2.11. The van der Waals surface area contributed by atoms with E-state index in [0.717, 1.165) is 0 Å². The summed E-state index contributed by atoms with van der Waals surface area (Å²) in [5, 5.41) is 7.39. The van der Waals surface area contributed by atoms with Gasteiger partial charge in [-0.15, -0.1) is 0 Å². The molecular weight excluding hydrogens is 256 g/mol. The topological polar surface area (TPSA) is 98.5 Å². The third kappa shape index (κ3) is 4.34. The zero-order chi connectivity index (χ0) is 13.8. The minimum atomic E-state index is -3.88. The summed E-state index contributed by atoms with van der Waals surface area (Å²) in [7, 11) is -3.88. The fourth-order valence-corrected chi connectivity index (χ4v) is 1.90. The molecule has 7 heteroatoms. The number of carbonyl (C=O) groups excluding carboxylic acids is 1. The highest BCUT2D eigenvalue weighted by Gasteiger charge is 2.15. The number of amides is 1. The van der Waals surface area contributed by atoms with E-state index in [9.17, 15) is 13.2 Å².